The highest BCUT2D eigenvalue weighted by Crippen LogP contribution is 2.17. The zero-order chi connectivity index (χ0) is 14.4. The lowest BCUT2D eigenvalue weighted by Crippen LogP contribution is -2.35. The Kier molecular flexibility index (Phi) is 5.57. The first-order valence-electron chi connectivity index (χ1n) is 6.23. The number of carbonyl (C=O) groups excluding carboxylic acids is 1. The topological polar surface area (TPSA) is 82.8 Å². The van der Waals surface area contributed by atoms with Gasteiger partial charge in [-0.05, 0) is 26.0 Å². The van der Waals surface area contributed by atoms with Crippen LogP contribution in [0.25, 0.3) is 0 Å². The van der Waals surface area contributed by atoms with E-state index >= 15 is 0 Å². The second-order valence-corrected chi connectivity index (χ2v) is 4.38. The maximum atomic E-state index is 11.4. The number of amides is 1. The van der Waals surface area contributed by atoms with Gasteiger partial charge in [0.2, 0.25) is 11.7 Å². The van der Waals surface area contributed by atoms with Crippen LogP contribution in [0.2, 0.25) is 0 Å². The number of carbonyl (C=O) groups is 2. The fraction of sp³-hybridized carbons (Fsp3) is 0.538. The quantitative estimate of drug-likeness (QED) is 0.777. The Labute approximate surface area is 112 Å². The Bertz CT molecular complexity index is 453. The molecule has 0 aliphatic heterocycles. The van der Waals surface area contributed by atoms with Crippen molar-refractivity contribution in [2.24, 2.45) is 0 Å². The molecule has 0 aliphatic carbocycles. The smallest absolute Gasteiger partial charge is 0.371 e. The van der Waals surface area contributed by atoms with E-state index in [4.69, 9.17) is 9.52 Å². The van der Waals surface area contributed by atoms with Crippen LogP contribution < -0.4 is 5.32 Å². The average molecular weight is 268 g/mol. The summed E-state index contributed by atoms with van der Waals surface area (Å²) < 4.78 is 5.16. The average Bonchev–Trinajstić information content (AvgIpc) is 2.71. The van der Waals surface area contributed by atoms with Gasteiger partial charge in [-0.15, -0.1) is 0 Å². The van der Waals surface area contributed by atoms with Crippen LogP contribution in [0.15, 0.2) is 10.5 Å². The highest BCUT2D eigenvalue weighted by Gasteiger charge is 2.16. The molecule has 1 aromatic heterocycles. The van der Waals surface area contributed by atoms with E-state index in [0.717, 1.165) is 18.5 Å². The van der Waals surface area contributed by atoms with E-state index in [1.165, 1.54) is 6.07 Å². The summed E-state index contributed by atoms with van der Waals surface area (Å²) in [5.41, 5.74) is 0.801. The molecule has 0 aliphatic rings. The normalized spacial score (nSPS) is 10.7. The highest BCUT2D eigenvalue weighted by atomic mass is 16.4. The standard InChI is InChI=1S/C13H20N2O4/c1-4-5-15(8-12(16)14-3)7-10-6-11(13(17)18)19-9(10)2/h6H,4-5,7-8H2,1-3H3,(H,14,16)(H,17,18). The van der Waals surface area contributed by atoms with E-state index in [1.807, 2.05) is 11.8 Å². The first kappa shape index (κ1) is 15.2. The van der Waals surface area contributed by atoms with Crippen molar-refractivity contribution in [3.63, 3.8) is 0 Å². The molecule has 6 nitrogen and oxygen atoms in total. The molecule has 0 unspecified atom stereocenters. The van der Waals surface area contributed by atoms with Crippen LogP contribution in [-0.4, -0.2) is 42.0 Å². The summed E-state index contributed by atoms with van der Waals surface area (Å²) >= 11 is 0. The van der Waals surface area contributed by atoms with Gasteiger partial charge in [0.15, 0.2) is 0 Å². The maximum absolute atomic E-state index is 11.4. The molecule has 0 spiro atoms. The lowest BCUT2D eigenvalue weighted by atomic mass is 10.2. The SMILES string of the molecule is CCCN(CC(=O)NC)Cc1cc(C(=O)O)oc1C. The molecule has 0 bridgehead atoms. The second kappa shape index (κ2) is 6.94. The number of nitrogens with one attached hydrogen (secondary N) is 1. The van der Waals surface area contributed by atoms with Gasteiger partial charge in [0.1, 0.15) is 5.76 Å². The van der Waals surface area contributed by atoms with Crippen molar-refractivity contribution in [3.05, 3.63) is 23.2 Å². The van der Waals surface area contributed by atoms with Crippen LogP contribution in [-0.2, 0) is 11.3 Å². The Morgan fingerprint density at radius 3 is 2.63 bits per heavy atom. The fourth-order valence-electron chi connectivity index (χ4n) is 1.84. The van der Waals surface area contributed by atoms with E-state index in [-0.39, 0.29) is 18.2 Å². The van der Waals surface area contributed by atoms with E-state index in [1.54, 1.807) is 14.0 Å². The van der Waals surface area contributed by atoms with E-state index in [2.05, 4.69) is 5.32 Å². The molecule has 2 N–H and O–H groups in total. The van der Waals surface area contributed by atoms with Crippen LogP contribution in [0.4, 0.5) is 0 Å². The summed E-state index contributed by atoms with van der Waals surface area (Å²) in [6.45, 7) is 5.31. The van der Waals surface area contributed by atoms with Crippen LogP contribution in [0.5, 0.6) is 0 Å². The fourth-order valence-corrected chi connectivity index (χ4v) is 1.84. The van der Waals surface area contributed by atoms with Gasteiger partial charge in [-0.3, -0.25) is 9.69 Å². The number of hydrogen-bond donors (Lipinski definition) is 2. The van der Waals surface area contributed by atoms with Gasteiger partial charge < -0.3 is 14.8 Å². The van der Waals surface area contributed by atoms with Gasteiger partial charge in [0, 0.05) is 19.2 Å². The summed E-state index contributed by atoms with van der Waals surface area (Å²) in [6, 6.07) is 1.52. The van der Waals surface area contributed by atoms with Crippen molar-refractivity contribution in [3.8, 4) is 0 Å². The van der Waals surface area contributed by atoms with E-state index in [0.29, 0.717) is 12.3 Å². The molecule has 106 valence electrons. The minimum Gasteiger partial charge on any atom is -0.475 e. The van der Waals surface area contributed by atoms with Crippen molar-refractivity contribution in [2.45, 2.75) is 26.8 Å². The zero-order valence-electron chi connectivity index (χ0n) is 11.5. The highest BCUT2D eigenvalue weighted by molar-refractivity contribution is 5.84. The molecule has 0 fully saturated rings. The third kappa shape index (κ3) is 4.40. The summed E-state index contributed by atoms with van der Waals surface area (Å²) in [6.07, 6.45) is 0.916. The molecular formula is C13H20N2O4. The molecule has 1 amide bonds. The van der Waals surface area contributed by atoms with Gasteiger partial charge in [0.05, 0.1) is 6.54 Å². The maximum Gasteiger partial charge on any atom is 0.371 e. The van der Waals surface area contributed by atoms with Crippen molar-refractivity contribution >= 4 is 11.9 Å². The van der Waals surface area contributed by atoms with Crippen LogP contribution >= 0.6 is 0 Å². The molecule has 1 rings (SSSR count). The molecule has 19 heavy (non-hydrogen) atoms. The van der Waals surface area contributed by atoms with E-state index < -0.39 is 5.97 Å². The zero-order valence-corrected chi connectivity index (χ0v) is 11.5. The lowest BCUT2D eigenvalue weighted by molar-refractivity contribution is -0.121. The van der Waals surface area contributed by atoms with Crippen molar-refractivity contribution in [1.82, 2.24) is 10.2 Å². The van der Waals surface area contributed by atoms with Crippen molar-refractivity contribution < 1.29 is 19.1 Å². The number of hydrogen-bond acceptors (Lipinski definition) is 4. The van der Waals surface area contributed by atoms with Crippen LogP contribution in [0.1, 0.15) is 35.2 Å². The third-order valence-electron chi connectivity index (χ3n) is 2.81. The molecule has 0 atom stereocenters. The first-order valence-corrected chi connectivity index (χ1v) is 6.23. The predicted molar refractivity (Wildman–Crippen MR) is 70.0 cm³/mol. The molecule has 0 aromatic carbocycles. The Morgan fingerprint density at radius 1 is 1.47 bits per heavy atom. The molecule has 0 radical (unpaired) electrons. The molecule has 1 aromatic rings. The lowest BCUT2D eigenvalue weighted by Gasteiger charge is -2.20. The van der Waals surface area contributed by atoms with Crippen molar-refractivity contribution in [2.75, 3.05) is 20.1 Å². The Balaban J connectivity index is 2.78. The first-order chi connectivity index (χ1) is 8.97. The second-order valence-electron chi connectivity index (χ2n) is 4.38. The van der Waals surface area contributed by atoms with Gasteiger partial charge >= 0.3 is 5.97 Å². The molecular weight excluding hydrogens is 248 g/mol. The number of aryl methyl sites for hydroxylation is 1. The number of carboxylic acid groups (broad SMARTS) is 1. The van der Waals surface area contributed by atoms with Crippen LogP contribution in [0, 0.1) is 6.92 Å². The summed E-state index contributed by atoms with van der Waals surface area (Å²) in [5, 5.41) is 11.5. The monoisotopic (exact) mass is 268 g/mol. The van der Waals surface area contributed by atoms with E-state index in [9.17, 15) is 9.59 Å². The largest absolute Gasteiger partial charge is 0.475 e. The minimum atomic E-state index is -1.08. The number of furan rings is 1. The Hall–Kier alpha value is -1.82. The number of carboxylic acids is 1. The summed E-state index contributed by atoms with van der Waals surface area (Å²) in [7, 11) is 1.60. The van der Waals surface area contributed by atoms with Gasteiger partial charge in [0.25, 0.3) is 0 Å². The number of likely N-dealkylation sites (N-methyl/N-ethyl adjacent to an activating group) is 1. The van der Waals surface area contributed by atoms with Gasteiger partial charge in [-0.2, -0.15) is 0 Å². The molecule has 0 saturated heterocycles. The van der Waals surface area contributed by atoms with Crippen LogP contribution in [0.3, 0.4) is 0 Å². The number of aromatic carboxylic acids is 1. The third-order valence-corrected chi connectivity index (χ3v) is 2.81. The number of nitrogens with zero attached hydrogens (tertiary/aromatic N) is 1. The summed E-state index contributed by atoms with van der Waals surface area (Å²) in [4.78, 5) is 24.2. The minimum absolute atomic E-state index is 0.0620. The number of rotatable bonds is 7. The predicted octanol–water partition coefficient (Wildman–Crippen LogP) is 1.24. The van der Waals surface area contributed by atoms with Gasteiger partial charge in [-0.1, -0.05) is 6.92 Å². The van der Waals surface area contributed by atoms with Gasteiger partial charge in [-0.25, -0.2) is 4.79 Å². The molecule has 0 saturated carbocycles. The molecule has 1 heterocycles. The molecule has 6 heteroatoms. The summed E-state index contributed by atoms with van der Waals surface area (Å²) in [5.74, 6) is -0.630. The van der Waals surface area contributed by atoms with Crippen molar-refractivity contribution in [1.29, 1.82) is 0 Å². The Morgan fingerprint density at radius 2 is 2.16 bits per heavy atom.